The molecule has 0 atom stereocenters. The second-order valence-electron chi connectivity index (χ2n) is 11.8. The highest BCUT2D eigenvalue weighted by Gasteiger charge is 2.21. The van der Waals surface area contributed by atoms with Gasteiger partial charge in [0.05, 0.1) is 0 Å². The number of aromatic amines is 2. The monoisotopic (exact) mass is 906 g/mol. The van der Waals surface area contributed by atoms with E-state index < -0.39 is 31.3 Å². The largest absolute Gasteiger partial charge is 0.466 e. The van der Waals surface area contributed by atoms with Crippen LogP contribution in [0.1, 0.15) is 0 Å². The van der Waals surface area contributed by atoms with Crippen LogP contribution >= 0.6 is 31.3 Å². The minimum atomic E-state index is -4.64. The van der Waals surface area contributed by atoms with Crippen molar-refractivity contribution in [2.75, 3.05) is 0 Å². The van der Waals surface area contributed by atoms with Gasteiger partial charge in [-0.05, 0) is 0 Å². The third kappa shape index (κ3) is 13.3. The van der Waals surface area contributed by atoms with E-state index in [0.717, 1.165) is 43.8 Å². The van der Waals surface area contributed by atoms with Crippen LogP contribution in [-0.2, 0) is 18.3 Å². The summed E-state index contributed by atoms with van der Waals surface area (Å²) in [6, 6.07) is 32.2. The smallest absolute Gasteiger partial charge is 0.324 e. The minimum absolute atomic E-state index is 0.597. The number of rotatable bonds is 0. The first-order valence-corrected chi connectivity index (χ1v) is 22.4. The molecule has 0 unspecified atom stereocenters. The zero-order valence-electron chi connectivity index (χ0n) is 29.7. The van der Waals surface area contributed by atoms with Gasteiger partial charge in [-0.2, -0.15) is 0 Å². The van der Waals surface area contributed by atoms with Crippen molar-refractivity contribution in [3.8, 4) is 45.6 Å². The maximum absolute atomic E-state index is 8.88. The van der Waals surface area contributed by atoms with Crippen molar-refractivity contribution in [2.24, 2.45) is 0 Å². The van der Waals surface area contributed by atoms with Gasteiger partial charge in [-0.25, -0.2) is 48.2 Å². The molecule has 14 N–H and O–H groups in total. The second-order valence-corrected chi connectivity index (χ2v) is 16.0. The van der Waals surface area contributed by atoms with Gasteiger partial charge in [-0.15, -0.1) is 0 Å². The van der Waals surface area contributed by atoms with Gasteiger partial charge in [0.2, 0.25) is 0 Å². The Kier molecular flexibility index (Phi) is 13.8. The Hall–Kier alpha value is -5.32. The Morgan fingerprint density at radius 1 is 0.300 bits per heavy atom. The van der Waals surface area contributed by atoms with E-state index in [2.05, 4.69) is 9.97 Å². The molecular formula is C32H30N8O16P4. The standard InChI is InChI=1S/C32H18N8.4H3O4P/c1-2-10-18-17(9-1)25-33-26(18)38-28-21-13-5-6-14-22(21)30(35-28)40-32-24-16-8-7-15-23(24)31(36-32)39-29-20-12-4-3-11-19(20)27(34-29)37-25;4*1-5(2,3)4/h1-16H,(H2,33,34,35,36,37,38,39,40);4*(H3,1,2,3,4). The van der Waals surface area contributed by atoms with Gasteiger partial charge >= 0.3 is 31.3 Å². The first-order valence-electron chi connectivity index (χ1n) is 16.1. The number of nitrogens with zero attached hydrogens (tertiary/aromatic N) is 6. The van der Waals surface area contributed by atoms with E-state index in [-0.39, 0.29) is 0 Å². The fourth-order valence-corrected chi connectivity index (χ4v) is 5.59. The predicted molar refractivity (Wildman–Crippen MR) is 213 cm³/mol. The van der Waals surface area contributed by atoms with Crippen molar-refractivity contribution < 1.29 is 77.0 Å². The average molecular weight is 907 g/mol. The average Bonchev–Trinajstić information content (AvgIpc) is 3.85. The highest BCUT2D eigenvalue weighted by molar-refractivity contribution is 7.45. The summed E-state index contributed by atoms with van der Waals surface area (Å²) in [5, 5.41) is 3.82. The molecule has 2 aliphatic rings. The Morgan fingerprint density at radius 2 is 0.467 bits per heavy atom. The molecule has 0 saturated carbocycles. The van der Waals surface area contributed by atoms with E-state index in [0.29, 0.717) is 45.9 Å². The van der Waals surface area contributed by atoms with Crippen molar-refractivity contribution in [3.05, 3.63) is 97.1 Å². The molecule has 3 aromatic heterocycles. The van der Waals surface area contributed by atoms with E-state index in [1.54, 1.807) is 0 Å². The lowest BCUT2D eigenvalue weighted by atomic mass is 10.1. The summed E-state index contributed by atoms with van der Waals surface area (Å²) in [7, 11) is -18.6. The number of fused-ring (bicyclic) bond motifs is 20. The summed E-state index contributed by atoms with van der Waals surface area (Å²) in [5.41, 5.74) is 6.45. The molecule has 0 aliphatic carbocycles. The van der Waals surface area contributed by atoms with Crippen molar-refractivity contribution >= 4 is 75.4 Å². The Bertz CT molecular complexity index is 2650. The number of benzene rings is 4. The molecule has 0 radical (unpaired) electrons. The first-order chi connectivity index (χ1) is 27.8. The van der Waals surface area contributed by atoms with Gasteiger partial charge in [-0.3, -0.25) is 0 Å². The third-order valence-electron chi connectivity index (χ3n) is 7.46. The van der Waals surface area contributed by atoms with Crippen LogP contribution < -0.4 is 0 Å². The fourth-order valence-electron chi connectivity index (χ4n) is 5.59. The minimum Gasteiger partial charge on any atom is -0.324 e. The maximum atomic E-state index is 8.88. The fraction of sp³-hybridized carbons (Fsp3) is 0. The van der Waals surface area contributed by atoms with Crippen molar-refractivity contribution in [3.63, 3.8) is 0 Å². The molecule has 0 amide bonds. The van der Waals surface area contributed by atoms with E-state index in [1.807, 2.05) is 97.1 Å². The summed E-state index contributed by atoms with van der Waals surface area (Å²) < 4.78 is 35.5. The van der Waals surface area contributed by atoms with Crippen LogP contribution in [0, 0.1) is 0 Å². The number of aromatic nitrogens is 8. The van der Waals surface area contributed by atoms with Gasteiger partial charge in [0.1, 0.15) is 22.6 Å². The van der Waals surface area contributed by atoms with Crippen molar-refractivity contribution in [2.45, 2.75) is 0 Å². The van der Waals surface area contributed by atoms with Crippen LogP contribution in [0.4, 0.5) is 0 Å². The Morgan fingerprint density at radius 3 is 0.650 bits per heavy atom. The zero-order chi connectivity index (χ0) is 44.2. The maximum Gasteiger partial charge on any atom is 0.466 e. The predicted octanol–water partition coefficient (Wildman–Crippen LogP) is 3.15. The molecule has 9 rings (SSSR count). The molecule has 0 spiro atoms. The summed E-state index contributed by atoms with van der Waals surface area (Å²) in [6.07, 6.45) is 0. The first kappa shape index (κ1) is 45.8. The van der Waals surface area contributed by atoms with Crippen LogP contribution in [-0.4, -0.2) is 98.6 Å². The Balaban J connectivity index is 0.000000287. The zero-order valence-corrected chi connectivity index (χ0v) is 33.3. The van der Waals surface area contributed by atoms with Gasteiger partial charge < -0.3 is 68.7 Å². The topological polar surface area (TPSA) is 420 Å². The van der Waals surface area contributed by atoms with Crippen LogP contribution in [0.2, 0.25) is 0 Å². The molecule has 2 aliphatic heterocycles. The summed E-state index contributed by atoms with van der Waals surface area (Å²) in [6.45, 7) is 0. The quantitative estimate of drug-likeness (QED) is 0.0971. The van der Waals surface area contributed by atoms with Gasteiger partial charge in [0.15, 0.2) is 23.3 Å². The van der Waals surface area contributed by atoms with E-state index in [4.69, 9.17) is 107 Å². The van der Waals surface area contributed by atoms with Crippen molar-refractivity contribution in [1.29, 1.82) is 0 Å². The number of H-pyrrole nitrogens is 2. The molecule has 24 nitrogen and oxygen atoms in total. The number of nitrogens with one attached hydrogen (secondary N) is 2. The molecule has 8 bridgehead atoms. The Labute approximate surface area is 334 Å². The second kappa shape index (κ2) is 18.1. The molecule has 314 valence electrons. The molecular weight excluding hydrogens is 876 g/mol. The molecule has 60 heavy (non-hydrogen) atoms. The van der Waals surface area contributed by atoms with Crippen molar-refractivity contribution in [1.82, 2.24) is 39.9 Å². The lowest BCUT2D eigenvalue weighted by Crippen LogP contribution is -1.82. The molecule has 0 fully saturated rings. The number of phosphoric acid groups is 4. The van der Waals surface area contributed by atoms with Crippen LogP contribution in [0.5, 0.6) is 0 Å². The lowest BCUT2D eigenvalue weighted by molar-refractivity contribution is 0.272. The van der Waals surface area contributed by atoms with E-state index in [9.17, 15) is 0 Å². The number of hydrogen-bond donors (Lipinski definition) is 14. The third-order valence-corrected chi connectivity index (χ3v) is 7.46. The molecule has 5 heterocycles. The lowest BCUT2D eigenvalue weighted by Gasteiger charge is -1.96. The van der Waals surface area contributed by atoms with Gasteiger partial charge in [0, 0.05) is 43.8 Å². The van der Waals surface area contributed by atoms with Crippen LogP contribution in [0.3, 0.4) is 0 Å². The van der Waals surface area contributed by atoms with E-state index >= 15 is 0 Å². The highest BCUT2D eigenvalue weighted by Crippen LogP contribution is 2.37. The summed E-state index contributed by atoms with van der Waals surface area (Å²) in [4.78, 5) is 123. The van der Waals surface area contributed by atoms with Crippen LogP contribution in [0.15, 0.2) is 97.1 Å². The van der Waals surface area contributed by atoms with Gasteiger partial charge in [-0.1, -0.05) is 97.1 Å². The molecule has 7 aromatic rings. The normalized spacial score (nSPS) is 11.9. The summed E-state index contributed by atoms with van der Waals surface area (Å²) in [5.74, 6) is 2.39. The SMILES string of the molecule is O=P(O)(O)O.O=P(O)(O)O.O=P(O)(O)O.O=P(O)(O)O.c1ccc2c(c1)-c1nc-2nc2[nH]c(nc3nc(nc4[nH]c(n1)c1ccccc41)-c1ccccc1-3)c1ccccc21. The van der Waals surface area contributed by atoms with Gasteiger partial charge in [0.25, 0.3) is 0 Å². The molecule has 0 saturated heterocycles. The molecule has 4 aromatic carbocycles. The highest BCUT2D eigenvalue weighted by atomic mass is 31.2. The molecule has 28 heteroatoms. The van der Waals surface area contributed by atoms with Crippen LogP contribution in [0.25, 0.3) is 89.7 Å². The number of hydrogen-bond acceptors (Lipinski definition) is 10. The van der Waals surface area contributed by atoms with E-state index in [1.165, 1.54) is 0 Å². The summed E-state index contributed by atoms with van der Waals surface area (Å²) >= 11 is 0.